The zero-order valence-corrected chi connectivity index (χ0v) is 13.9. The molecule has 0 bridgehead atoms. The van der Waals surface area contributed by atoms with E-state index >= 15 is 0 Å². The summed E-state index contributed by atoms with van der Waals surface area (Å²) in [6.07, 6.45) is -9.73. The number of halogens is 8. The maximum atomic E-state index is 12.8. The number of anilines is 1. The van der Waals surface area contributed by atoms with Crippen molar-refractivity contribution in [2.75, 3.05) is 5.73 Å². The summed E-state index contributed by atoms with van der Waals surface area (Å²) in [5, 5.41) is 12.9. The Morgan fingerprint density at radius 2 is 1.73 bits per heavy atom. The standard InChI is InChI=1S/C11H8Cl2F3N3.C2HF3O2/c12-7-3-1-2-5(8(7)13)4-6-9(11(14,15)16)18-19-10(6)17;3-2(4,5)1(6)7/h1-3H,4H2,(H3,17,18,19);(H,6,7). The topological polar surface area (TPSA) is 92.0 Å². The van der Waals surface area contributed by atoms with Crippen molar-refractivity contribution in [3.8, 4) is 0 Å². The van der Waals surface area contributed by atoms with Gasteiger partial charge in [-0.25, -0.2) is 4.79 Å². The number of hydrogen-bond donors (Lipinski definition) is 3. The Bertz CT molecular complexity index is 789. The van der Waals surface area contributed by atoms with Crippen molar-refractivity contribution in [3.63, 3.8) is 0 Å². The van der Waals surface area contributed by atoms with E-state index in [1.165, 1.54) is 0 Å². The van der Waals surface area contributed by atoms with Gasteiger partial charge in [-0.2, -0.15) is 31.4 Å². The number of hydrogen-bond acceptors (Lipinski definition) is 3. The molecule has 1 aromatic carbocycles. The first-order chi connectivity index (χ1) is 11.7. The van der Waals surface area contributed by atoms with Gasteiger partial charge >= 0.3 is 18.3 Å². The summed E-state index contributed by atoms with van der Waals surface area (Å²) in [7, 11) is 0. The van der Waals surface area contributed by atoms with E-state index in [0.717, 1.165) is 0 Å². The predicted molar refractivity (Wildman–Crippen MR) is 81.0 cm³/mol. The first-order valence-electron chi connectivity index (χ1n) is 6.38. The molecule has 2 aromatic rings. The fourth-order valence-electron chi connectivity index (χ4n) is 1.67. The lowest BCUT2D eigenvalue weighted by Crippen LogP contribution is -2.21. The predicted octanol–water partition coefficient (Wildman–Crippen LogP) is 4.54. The molecular weight excluding hydrogens is 415 g/mol. The number of rotatable bonds is 2. The third-order valence-corrected chi connectivity index (χ3v) is 3.68. The number of nitrogen functional groups attached to an aromatic ring is 1. The minimum atomic E-state index is -5.08. The lowest BCUT2D eigenvalue weighted by atomic mass is 10.0. The molecule has 0 atom stereocenters. The third-order valence-electron chi connectivity index (χ3n) is 2.82. The van der Waals surface area contributed by atoms with Crippen LogP contribution in [0, 0.1) is 0 Å². The molecule has 0 radical (unpaired) electrons. The second-order valence-electron chi connectivity index (χ2n) is 4.65. The van der Waals surface area contributed by atoms with Crippen LogP contribution in [0.15, 0.2) is 18.2 Å². The molecule has 4 N–H and O–H groups in total. The third kappa shape index (κ3) is 5.70. The number of H-pyrrole nitrogens is 1. The zero-order chi connectivity index (χ0) is 20.3. The van der Waals surface area contributed by atoms with Crippen LogP contribution in [-0.2, 0) is 17.4 Å². The van der Waals surface area contributed by atoms with Gasteiger partial charge in [0.1, 0.15) is 11.5 Å². The van der Waals surface area contributed by atoms with Gasteiger partial charge in [-0.1, -0.05) is 35.3 Å². The number of nitrogens with zero attached hydrogens (tertiary/aromatic N) is 1. The van der Waals surface area contributed by atoms with E-state index in [2.05, 4.69) is 5.10 Å². The molecule has 0 aliphatic heterocycles. The summed E-state index contributed by atoms with van der Waals surface area (Å²) in [6, 6.07) is 4.74. The van der Waals surface area contributed by atoms with E-state index < -0.39 is 24.0 Å². The number of aromatic amines is 1. The van der Waals surface area contributed by atoms with Gasteiger partial charge < -0.3 is 10.8 Å². The van der Waals surface area contributed by atoms with Gasteiger partial charge in [0.25, 0.3) is 0 Å². The Hall–Kier alpha value is -2.14. The number of alkyl halides is 6. The van der Waals surface area contributed by atoms with Crippen LogP contribution >= 0.6 is 23.2 Å². The van der Waals surface area contributed by atoms with Crippen molar-refractivity contribution in [2.45, 2.75) is 18.8 Å². The molecule has 0 aliphatic carbocycles. The molecule has 13 heteroatoms. The summed E-state index contributed by atoms with van der Waals surface area (Å²) >= 11 is 11.8. The Kier molecular flexibility index (Phi) is 6.77. The summed E-state index contributed by atoms with van der Waals surface area (Å²) < 4.78 is 70.0. The highest BCUT2D eigenvalue weighted by Gasteiger charge is 2.38. The SMILES string of the molecule is Nc1n[nH]c(C(F)(F)F)c1Cc1cccc(Cl)c1Cl.O=C(O)C(F)(F)F. The van der Waals surface area contributed by atoms with Crippen LogP contribution in [0.4, 0.5) is 32.2 Å². The minimum absolute atomic E-state index is 0.101. The number of carboxylic acids is 1. The summed E-state index contributed by atoms with van der Waals surface area (Å²) in [5.74, 6) is -2.96. The Balaban J connectivity index is 0.000000412. The van der Waals surface area contributed by atoms with Gasteiger partial charge in [-0.05, 0) is 11.6 Å². The molecular formula is C13H9Cl2F6N3O2. The van der Waals surface area contributed by atoms with Gasteiger partial charge in [0.2, 0.25) is 0 Å². The molecule has 0 amide bonds. The van der Waals surface area contributed by atoms with E-state index in [-0.39, 0.29) is 27.8 Å². The highest BCUT2D eigenvalue weighted by molar-refractivity contribution is 6.42. The Morgan fingerprint density at radius 3 is 2.19 bits per heavy atom. The second-order valence-corrected chi connectivity index (χ2v) is 5.44. The van der Waals surface area contributed by atoms with Crippen LogP contribution < -0.4 is 5.73 Å². The summed E-state index contributed by atoms with van der Waals surface area (Å²) in [4.78, 5) is 8.90. The van der Waals surface area contributed by atoms with E-state index in [1.807, 2.05) is 5.10 Å². The molecule has 0 aliphatic rings. The van der Waals surface area contributed by atoms with Crippen molar-refractivity contribution >= 4 is 35.0 Å². The normalized spacial score (nSPS) is 11.7. The molecule has 5 nitrogen and oxygen atoms in total. The number of aromatic nitrogens is 2. The molecule has 26 heavy (non-hydrogen) atoms. The lowest BCUT2D eigenvalue weighted by Gasteiger charge is -2.09. The fraction of sp³-hybridized carbons (Fsp3) is 0.231. The van der Waals surface area contributed by atoms with E-state index in [9.17, 15) is 26.3 Å². The van der Waals surface area contributed by atoms with Gasteiger partial charge in [0, 0.05) is 12.0 Å². The molecule has 0 saturated heterocycles. The average molecular weight is 424 g/mol. The van der Waals surface area contributed by atoms with Crippen molar-refractivity contribution in [2.24, 2.45) is 0 Å². The fourth-order valence-corrected chi connectivity index (χ4v) is 2.05. The molecule has 2 rings (SSSR count). The van der Waals surface area contributed by atoms with Crippen LogP contribution in [0.2, 0.25) is 10.0 Å². The molecule has 1 heterocycles. The summed E-state index contributed by atoms with van der Waals surface area (Å²) in [5.41, 5.74) is 4.79. The first kappa shape index (κ1) is 21.9. The maximum absolute atomic E-state index is 12.8. The quantitative estimate of drug-likeness (QED) is 0.618. The van der Waals surface area contributed by atoms with Gasteiger partial charge in [0.15, 0.2) is 0 Å². The number of carboxylic acid groups (broad SMARTS) is 1. The van der Waals surface area contributed by atoms with Crippen LogP contribution in [0.3, 0.4) is 0 Å². The van der Waals surface area contributed by atoms with Crippen LogP contribution in [0.5, 0.6) is 0 Å². The number of benzene rings is 1. The van der Waals surface area contributed by atoms with Crippen molar-refractivity contribution in [1.29, 1.82) is 0 Å². The molecule has 0 fully saturated rings. The second kappa shape index (κ2) is 8.04. The first-order valence-corrected chi connectivity index (χ1v) is 7.13. The van der Waals surface area contributed by atoms with E-state index in [4.69, 9.17) is 38.8 Å². The van der Waals surface area contributed by atoms with Crippen molar-refractivity contribution in [1.82, 2.24) is 10.2 Å². The molecule has 0 unspecified atom stereocenters. The van der Waals surface area contributed by atoms with Crippen LogP contribution in [-0.4, -0.2) is 27.4 Å². The molecule has 0 saturated carbocycles. The lowest BCUT2D eigenvalue weighted by molar-refractivity contribution is -0.192. The van der Waals surface area contributed by atoms with Crippen LogP contribution in [0.1, 0.15) is 16.8 Å². The highest BCUT2D eigenvalue weighted by atomic mass is 35.5. The van der Waals surface area contributed by atoms with Crippen LogP contribution in [0.25, 0.3) is 0 Å². The average Bonchev–Trinajstić information content (AvgIpc) is 2.85. The molecule has 1 aromatic heterocycles. The van der Waals surface area contributed by atoms with E-state index in [0.29, 0.717) is 5.56 Å². The minimum Gasteiger partial charge on any atom is -0.475 e. The van der Waals surface area contributed by atoms with Crippen molar-refractivity contribution in [3.05, 3.63) is 45.1 Å². The Labute approximate surface area is 151 Å². The van der Waals surface area contributed by atoms with Gasteiger partial charge in [-0.3, -0.25) is 5.10 Å². The number of nitrogens with one attached hydrogen (secondary N) is 1. The maximum Gasteiger partial charge on any atom is 0.490 e. The monoisotopic (exact) mass is 423 g/mol. The van der Waals surface area contributed by atoms with Crippen molar-refractivity contribution < 1.29 is 36.2 Å². The van der Waals surface area contributed by atoms with E-state index in [1.54, 1.807) is 18.2 Å². The van der Waals surface area contributed by atoms with Gasteiger partial charge in [-0.15, -0.1) is 0 Å². The molecule has 0 spiro atoms. The number of carbonyl (C=O) groups is 1. The number of aliphatic carboxylic acids is 1. The smallest absolute Gasteiger partial charge is 0.475 e. The van der Waals surface area contributed by atoms with Gasteiger partial charge in [0.05, 0.1) is 10.0 Å². The zero-order valence-electron chi connectivity index (χ0n) is 12.3. The molecule has 144 valence electrons. The largest absolute Gasteiger partial charge is 0.490 e. The summed E-state index contributed by atoms with van der Waals surface area (Å²) in [6.45, 7) is 0. The highest BCUT2D eigenvalue weighted by Crippen LogP contribution is 2.35. The number of nitrogens with two attached hydrogens (primary N) is 1. The Morgan fingerprint density at radius 1 is 1.19 bits per heavy atom.